The first-order valence-corrected chi connectivity index (χ1v) is 9.16. The van der Waals surface area contributed by atoms with Gasteiger partial charge in [-0.15, -0.1) is 0 Å². The van der Waals surface area contributed by atoms with Crippen molar-refractivity contribution in [1.82, 2.24) is 20.2 Å². The van der Waals surface area contributed by atoms with Gasteiger partial charge in [0.2, 0.25) is 5.95 Å². The van der Waals surface area contributed by atoms with E-state index in [-0.39, 0.29) is 11.7 Å². The largest absolute Gasteiger partial charge is 0.508 e. The number of hydrogen-bond donors (Lipinski definition) is 3. The summed E-state index contributed by atoms with van der Waals surface area (Å²) in [6.07, 6.45) is 0. The number of phenolic OH excluding ortho intramolecular Hbond substituents is 1. The van der Waals surface area contributed by atoms with Crippen LogP contribution in [0.4, 0.5) is 11.6 Å². The van der Waals surface area contributed by atoms with Crippen molar-refractivity contribution in [3.05, 3.63) is 65.4 Å². The van der Waals surface area contributed by atoms with Crippen molar-refractivity contribution in [3.8, 4) is 11.5 Å². The summed E-state index contributed by atoms with van der Waals surface area (Å²) >= 11 is 0. The van der Waals surface area contributed by atoms with Gasteiger partial charge in [-0.25, -0.2) is 0 Å². The molecule has 0 bridgehead atoms. The van der Waals surface area contributed by atoms with Crippen LogP contribution in [0, 0.1) is 0 Å². The number of nitrogens with one attached hydrogen (secondary N) is 2. The van der Waals surface area contributed by atoms with Crippen LogP contribution >= 0.6 is 0 Å². The summed E-state index contributed by atoms with van der Waals surface area (Å²) in [5.74, 6) is 0.774. The van der Waals surface area contributed by atoms with Crippen LogP contribution in [0.25, 0.3) is 0 Å². The number of allylic oxidation sites excluding steroid dienone is 1. The summed E-state index contributed by atoms with van der Waals surface area (Å²) in [6.45, 7) is 4.15. The zero-order valence-corrected chi connectivity index (χ0v) is 16.0. The fourth-order valence-electron chi connectivity index (χ4n) is 3.35. The van der Waals surface area contributed by atoms with Gasteiger partial charge in [0.25, 0.3) is 5.91 Å². The number of para-hydroxylation sites is 2. The lowest BCUT2D eigenvalue weighted by molar-refractivity contribution is -0.113. The Hall–Kier alpha value is -3.88. The fourth-order valence-corrected chi connectivity index (χ4v) is 3.35. The molecule has 3 aromatic rings. The van der Waals surface area contributed by atoms with Gasteiger partial charge in [0.05, 0.1) is 17.9 Å². The Balaban J connectivity index is 1.75. The highest BCUT2D eigenvalue weighted by atomic mass is 16.5. The van der Waals surface area contributed by atoms with Crippen LogP contribution in [0.2, 0.25) is 0 Å². The topological polar surface area (TPSA) is 114 Å². The minimum Gasteiger partial charge on any atom is -0.508 e. The normalized spacial score (nSPS) is 15.4. The molecule has 4 rings (SSSR count). The van der Waals surface area contributed by atoms with Crippen LogP contribution in [0.3, 0.4) is 0 Å². The van der Waals surface area contributed by atoms with Crippen LogP contribution in [-0.4, -0.2) is 37.8 Å². The molecule has 1 aromatic heterocycles. The molecule has 2 heterocycles. The second kappa shape index (κ2) is 7.63. The maximum Gasteiger partial charge on any atom is 0.255 e. The SMILES string of the molecule is CCOc1ccccc1NC(=O)C1=C(C)Nc2nnnn2C1c1cccc(O)c1. The van der Waals surface area contributed by atoms with Gasteiger partial charge in [-0.1, -0.05) is 29.4 Å². The molecule has 148 valence electrons. The number of benzene rings is 2. The molecule has 1 unspecified atom stereocenters. The number of carbonyl (C=O) groups excluding carboxylic acids is 1. The first kappa shape index (κ1) is 18.5. The van der Waals surface area contributed by atoms with Gasteiger partial charge < -0.3 is 20.5 Å². The van der Waals surface area contributed by atoms with Gasteiger partial charge in [0.1, 0.15) is 17.5 Å². The third-order valence-corrected chi connectivity index (χ3v) is 4.58. The van der Waals surface area contributed by atoms with Gasteiger partial charge in [0, 0.05) is 5.70 Å². The van der Waals surface area contributed by atoms with E-state index in [4.69, 9.17) is 4.74 Å². The molecule has 2 aromatic carbocycles. The highest BCUT2D eigenvalue weighted by Crippen LogP contribution is 2.36. The maximum absolute atomic E-state index is 13.3. The first-order chi connectivity index (χ1) is 14.1. The van der Waals surface area contributed by atoms with E-state index >= 15 is 0 Å². The minimum atomic E-state index is -0.604. The second-order valence-corrected chi connectivity index (χ2v) is 6.49. The predicted octanol–water partition coefficient (Wildman–Crippen LogP) is 2.71. The highest BCUT2D eigenvalue weighted by molar-refractivity contribution is 6.06. The first-order valence-electron chi connectivity index (χ1n) is 9.16. The number of tetrazole rings is 1. The zero-order chi connectivity index (χ0) is 20.4. The van der Waals surface area contributed by atoms with Crippen molar-refractivity contribution in [2.24, 2.45) is 0 Å². The third-order valence-electron chi connectivity index (χ3n) is 4.58. The van der Waals surface area contributed by atoms with E-state index in [1.807, 2.05) is 25.1 Å². The molecule has 9 heteroatoms. The monoisotopic (exact) mass is 392 g/mol. The van der Waals surface area contributed by atoms with Crippen LogP contribution in [0.5, 0.6) is 11.5 Å². The van der Waals surface area contributed by atoms with Crippen molar-refractivity contribution in [2.45, 2.75) is 19.9 Å². The molecule has 0 saturated heterocycles. The van der Waals surface area contributed by atoms with Crippen molar-refractivity contribution >= 4 is 17.5 Å². The van der Waals surface area contributed by atoms with Gasteiger partial charge in [-0.05, 0) is 54.1 Å². The smallest absolute Gasteiger partial charge is 0.255 e. The van der Waals surface area contributed by atoms with E-state index in [9.17, 15) is 9.90 Å². The maximum atomic E-state index is 13.3. The number of aromatic nitrogens is 4. The zero-order valence-electron chi connectivity index (χ0n) is 16.0. The number of anilines is 2. The number of ether oxygens (including phenoxy) is 1. The molecule has 1 amide bonds. The Kier molecular flexibility index (Phi) is 4.86. The van der Waals surface area contributed by atoms with Crippen LogP contribution in [0.1, 0.15) is 25.5 Å². The minimum absolute atomic E-state index is 0.0924. The van der Waals surface area contributed by atoms with Crippen LogP contribution in [-0.2, 0) is 4.79 Å². The Morgan fingerprint density at radius 1 is 1.28 bits per heavy atom. The molecule has 9 nitrogen and oxygen atoms in total. The molecule has 0 aliphatic carbocycles. The summed E-state index contributed by atoms with van der Waals surface area (Å²) in [4.78, 5) is 13.3. The highest BCUT2D eigenvalue weighted by Gasteiger charge is 2.34. The van der Waals surface area contributed by atoms with Gasteiger partial charge in [-0.3, -0.25) is 4.79 Å². The van der Waals surface area contributed by atoms with E-state index in [2.05, 4.69) is 26.2 Å². The summed E-state index contributed by atoms with van der Waals surface area (Å²) in [5, 5.41) is 27.7. The number of phenols is 1. The number of nitrogens with zero attached hydrogens (tertiary/aromatic N) is 4. The Morgan fingerprint density at radius 3 is 2.90 bits per heavy atom. The van der Waals surface area contributed by atoms with Gasteiger partial charge in [0.15, 0.2) is 0 Å². The standard InChI is InChI=1S/C20H20N6O3/c1-3-29-16-10-5-4-9-15(16)22-19(28)17-12(2)21-20-23-24-25-26(20)18(17)13-7-6-8-14(27)11-13/h4-11,18,27H,3H2,1-2H3,(H,22,28)(H,21,23,25). The molecule has 1 atom stereocenters. The Morgan fingerprint density at radius 2 is 2.10 bits per heavy atom. The lowest BCUT2D eigenvalue weighted by atomic mass is 9.95. The van der Waals surface area contributed by atoms with Crippen molar-refractivity contribution in [3.63, 3.8) is 0 Å². The molecule has 1 aliphatic heterocycles. The number of aromatic hydroxyl groups is 1. The van der Waals surface area contributed by atoms with Crippen LogP contribution in [0.15, 0.2) is 59.8 Å². The summed E-state index contributed by atoms with van der Waals surface area (Å²) in [6, 6.07) is 13.3. The number of rotatable bonds is 5. The quantitative estimate of drug-likeness (QED) is 0.612. The van der Waals surface area contributed by atoms with Crippen molar-refractivity contribution < 1.29 is 14.6 Å². The van der Waals surface area contributed by atoms with Crippen molar-refractivity contribution in [2.75, 3.05) is 17.2 Å². The predicted molar refractivity (Wildman–Crippen MR) is 107 cm³/mol. The molecule has 0 fully saturated rings. The second-order valence-electron chi connectivity index (χ2n) is 6.49. The third kappa shape index (κ3) is 3.49. The van der Waals surface area contributed by atoms with Gasteiger partial charge in [-0.2, -0.15) is 4.68 Å². The van der Waals surface area contributed by atoms with Gasteiger partial charge >= 0.3 is 0 Å². The molecule has 3 N–H and O–H groups in total. The summed E-state index contributed by atoms with van der Waals surface area (Å²) in [5.41, 5.74) is 2.30. The fraction of sp³-hybridized carbons (Fsp3) is 0.200. The summed E-state index contributed by atoms with van der Waals surface area (Å²) in [7, 11) is 0. The van der Waals surface area contributed by atoms with Crippen LogP contribution < -0.4 is 15.4 Å². The Labute approximate surface area is 167 Å². The van der Waals surface area contributed by atoms with Crippen molar-refractivity contribution in [1.29, 1.82) is 0 Å². The van der Waals surface area contributed by atoms with E-state index < -0.39 is 6.04 Å². The average molecular weight is 392 g/mol. The average Bonchev–Trinajstić information content (AvgIpc) is 3.16. The van der Waals surface area contributed by atoms with E-state index in [1.165, 1.54) is 4.68 Å². The molecule has 29 heavy (non-hydrogen) atoms. The Bertz CT molecular complexity index is 1090. The van der Waals surface area contributed by atoms with E-state index in [1.54, 1.807) is 37.3 Å². The van der Waals surface area contributed by atoms with E-state index in [0.29, 0.717) is 40.8 Å². The molecule has 1 aliphatic rings. The molecular weight excluding hydrogens is 372 g/mol. The molecule has 0 radical (unpaired) electrons. The number of amides is 1. The van der Waals surface area contributed by atoms with E-state index in [0.717, 1.165) is 0 Å². The molecule has 0 spiro atoms. The summed E-state index contributed by atoms with van der Waals surface area (Å²) < 4.78 is 7.13. The lowest BCUT2D eigenvalue weighted by Crippen LogP contribution is -2.31. The molecular formula is C20H20N6O3. The number of hydrogen-bond acceptors (Lipinski definition) is 7. The molecule has 0 saturated carbocycles. The number of carbonyl (C=O) groups is 1. The number of fused-ring (bicyclic) bond motifs is 1. The lowest BCUT2D eigenvalue weighted by Gasteiger charge is -2.28.